The molecule has 0 saturated carbocycles. The predicted molar refractivity (Wildman–Crippen MR) is 118 cm³/mol. The lowest BCUT2D eigenvalue weighted by atomic mass is 9.80. The summed E-state index contributed by atoms with van der Waals surface area (Å²) in [5.41, 5.74) is 4.35. The van der Waals surface area contributed by atoms with Crippen LogP contribution in [0, 0.1) is 19.3 Å². The van der Waals surface area contributed by atoms with Crippen molar-refractivity contribution in [2.75, 3.05) is 19.5 Å². The second-order valence-corrected chi connectivity index (χ2v) is 8.02. The molecule has 1 aromatic heterocycles. The Kier molecular flexibility index (Phi) is 6.15. The number of benzene rings is 2. The van der Waals surface area contributed by atoms with Crippen LogP contribution in [0.4, 0.5) is 11.4 Å². The molecule has 0 spiro atoms. The zero-order valence-corrected chi connectivity index (χ0v) is 18.4. The van der Waals surface area contributed by atoms with Crippen LogP contribution in [0.2, 0.25) is 0 Å². The van der Waals surface area contributed by atoms with E-state index in [2.05, 4.69) is 22.4 Å². The van der Waals surface area contributed by atoms with Gasteiger partial charge in [-0.05, 0) is 68.7 Å². The number of aryl methyl sites for hydroxylation is 2. The molecule has 0 aliphatic rings. The van der Waals surface area contributed by atoms with Gasteiger partial charge in [-0.25, -0.2) is 4.98 Å². The molecule has 6 heteroatoms. The van der Waals surface area contributed by atoms with Gasteiger partial charge in [0.15, 0.2) is 0 Å². The van der Waals surface area contributed by atoms with Crippen LogP contribution >= 0.6 is 0 Å². The van der Waals surface area contributed by atoms with Crippen LogP contribution in [0.5, 0.6) is 5.75 Å². The molecule has 6 nitrogen and oxygen atoms in total. The number of rotatable bonds is 7. The highest BCUT2D eigenvalue weighted by atomic mass is 16.5. The minimum Gasteiger partial charge on any atom is -0.496 e. The number of ether oxygens (including phenoxy) is 2. The second kappa shape index (κ2) is 8.61. The van der Waals surface area contributed by atoms with E-state index in [9.17, 15) is 4.79 Å². The fourth-order valence-electron chi connectivity index (χ4n) is 4.02. The number of nitrogens with one attached hydrogen (secondary N) is 1. The molecular weight excluding hydrogens is 378 g/mol. The fourth-order valence-corrected chi connectivity index (χ4v) is 4.02. The zero-order valence-electron chi connectivity index (χ0n) is 18.4. The summed E-state index contributed by atoms with van der Waals surface area (Å²) in [6.45, 7) is 7.84. The van der Waals surface area contributed by atoms with Crippen LogP contribution in [0.25, 0.3) is 0 Å². The van der Waals surface area contributed by atoms with Crippen LogP contribution in [0.15, 0.2) is 55.1 Å². The Bertz CT molecular complexity index is 986. The van der Waals surface area contributed by atoms with Crippen LogP contribution in [0.1, 0.15) is 36.6 Å². The first kappa shape index (κ1) is 21.4. The zero-order chi connectivity index (χ0) is 21.9. The first-order chi connectivity index (χ1) is 14.3. The SMILES string of the molecule is COC(=O)C(C)(C)C(c1ccc(Nc2cc(C)c(OC)c(C)c2)cc1)n1ccnc1. The summed E-state index contributed by atoms with van der Waals surface area (Å²) in [7, 11) is 3.11. The van der Waals surface area contributed by atoms with Crippen LogP contribution in [0.3, 0.4) is 0 Å². The molecule has 158 valence electrons. The molecule has 0 amide bonds. The van der Waals surface area contributed by atoms with Crippen molar-refractivity contribution in [3.63, 3.8) is 0 Å². The Hall–Kier alpha value is -3.28. The number of carbonyl (C=O) groups is 1. The van der Waals surface area contributed by atoms with Crippen molar-refractivity contribution in [1.29, 1.82) is 0 Å². The van der Waals surface area contributed by atoms with Gasteiger partial charge in [0.05, 0.1) is 32.0 Å². The Morgan fingerprint density at radius 1 is 1.07 bits per heavy atom. The molecule has 1 heterocycles. The van der Waals surface area contributed by atoms with E-state index >= 15 is 0 Å². The number of hydrogen-bond acceptors (Lipinski definition) is 5. The minimum absolute atomic E-state index is 0.244. The molecule has 0 saturated heterocycles. The molecule has 3 rings (SSSR count). The number of aromatic nitrogens is 2. The van der Waals surface area contributed by atoms with E-state index in [4.69, 9.17) is 9.47 Å². The Labute approximate surface area is 177 Å². The molecular formula is C24H29N3O3. The van der Waals surface area contributed by atoms with E-state index in [1.807, 2.05) is 62.7 Å². The number of esters is 1. The average molecular weight is 408 g/mol. The Morgan fingerprint density at radius 3 is 2.20 bits per heavy atom. The fraction of sp³-hybridized carbons (Fsp3) is 0.333. The van der Waals surface area contributed by atoms with Gasteiger partial charge in [-0.15, -0.1) is 0 Å². The van der Waals surface area contributed by atoms with Crippen LogP contribution in [-0.2, 0) is 9.53 Å². The molecule has 0 aliphatic heterocycles. The van der Waals surface area contributed by atoms with Gasteiger partial charge in [-0.2, -0.15) is 0 Å². The van der Waals surface area contributed by atoms with Crippen molar-refractivity contribution in [1.82, 2.24) is 9.55 Å². The monoisotopic (exact) mass is 407 g/mol. The van der Waals surface area contributed by atoms with E-state index < -0.39 is 5.41 Å². The molecule has 2 aromatic carbocycles. The lowest BCUT2D eigenvalue weighted by Crippen LogP contribution is -2.36. The summed E-state index contributed by atoms with van der Waals surface area (Å²) in [4.78, 5) is 16.6. The highest BCUT2D eigenvalue weighted by Crippen LogP contribution is 2.38. The third-order valence-corrected chi connectivity index (χ3v) is 5.40. The normalized spacial score (nSPS) is 12.3. The van der Waals surface area contributed by atoms with Gasteiger partial charge < -0.3 is 19.4 Å². The maximum atomic E-state index is 12.5. The summed E-state index contributed by atoms with van der Waals surface area (Å²) < 4.78 is 12.5. The summed E-state index contributed by atoms with van der Waals surface area (Å²) in [6, 6.07) is 12.0. The van der Waals surface area contributed by atoms with Crippen molar-refractivity contribution in [3.05, 3.63) is 71.8 Å². The number of imidazole rings is 1. The molecule has 0 radical (unpaired) electrons. The van der Waals surface area contributed by atoms with Gasteiger partial charge in [-0.1, -0.05) is 12.1 Å². The smallest absolute Gasteiger partial charge is 0.313 e. The maximum Gasteiger partial charge on any atom is 0.313 e. The Balaban J connectivity index is 1.90. The third-order valence-electron chi connectivity index (χ3n) is 5.40. The number of methoxy groups -OCH3 is 2. The lowest BCUT2D eigenvalue weighted by molar-refractivity contribution is -0.152. The van der Waals surface area contributed by atoms with Gasteiger partial charge >= 0.3 is 5.97 Å². The van der Waals surface area contributed by atoms with Crippen molar-refractivity contribution in [2.45, 2.75) is 33.7 Å². The molecule has 1 atom stereocenters. The second-order valence-electron chi connectivity index (χ2n) is 8.02. The van der Waals surface area contributed by atoms with E-state index in [1.165, 1.54) is 7.11 Å². The highest BCUT2D eigenvalue weighted by Gasteiger charge is 2.40. The van der Waals surface area contributed by atoms with Gasteiger partial charge in [0.25, 0.3) is 0 Å². The lowest BCUT2D eigenvalue weighted by Gasteiger charge is -2.33. The van der Waals surface area contributed by atoms with E-state index in [1.54, 1.807) is 19.6 Å². The predicted octanol–water partition coefficient (Wildman–Crippen LogP) is 5.04. The van der Waals surface area contributed by atoms with Crippen molar-refractivity contribution in [2.24, 2.45) is 5.41 Å². The van der Waals surface area contributed by atoms with Crippen LogP contribution in [-0.4, -0.2) is 29.7 Å². The first-order valence-electron chi connectivity index (χ1n) is 9.86. The summed E-state index contributed by atoms with van der Waals surface area (Å²) in [6.07, 6.45) is 5.31. The standard InChI is InChI=1S/C24H29N3O3/c1-16-13-20(14-17(2)21(16)29-5)26-19-9-7-18(8-10-19)22(27-12-11-25-15-27)24(3,4)23(28)30-6/h7-15,22,26H,1-6H3. The first-order valence-corrected chi connectivity index (χ1v) is 9.86. The number of hydrogen-bond donors (Lipinski definition) is 1. The van der Waals surface area contributed by atoms with Crippen molar-refractivity contribution in [3.8, 4) is 5.75 Å². The van der Waals surface area contributed by atoms with E-state index in [0.29, 0.717) is 0 Å². The molecule has 3 aromatic rings. The number of anilines is 2. The van der Waals surface area contributed by atoms with Crippen molar-refractivity contribution >= 4 is 17.3 Å². The van der Waals surface area contributed by atoms with Gasteiger partial charge in [0, 0.05) is 23.8 Å². The Morgan fingerprint density at radius 2 is 1.70 bits per heavy atom. The average Bonchev–Trinajstić information content (AvgIpc) is 3.22. The maximum absolute atomic E-state index is 12.5. The van der Waals surface area contributed by atoms with Gasteiger partial charge in [-0.3, -0.25) is 4.79 Å². The summed E-state index contributed by atoms with van der Waals surface area (Å²) >= 11 is 0. The largest absolute Gasteiger partial charge is 0.496 e. The molecule has 0 bridgehead atoms. The van der Waals surface area contributed by atoms with E-state index in [-0.39, 0.29) is 12.0 Å². The molecule has 0 fully saturated rings. The van der Waals surface area contributed by atoms with E-state index in [0.717, 1.165) is 33.8 Å². The topological polar surface area (TPSA) is 65.4 Å². The summed E-state index contributed by atoms with van der Waals surface area (Å²) in [5.74, 6) is 0.636. The van der Waals surface area contributed by atoms with Crippen molar-refractivity contribution < 1.29 is 14.3 Å². The quantitative estimate of drug-likeness (QED) is 0.556. The summed E-state index contributed by atoms with van der Waals surface area (Å²) in [5, 5.41) is 3.44. The number of nitrogens with zero attached hydrogens (tertiary/aromatic N) is 2. The molecule has 30 heavy (non-hydrogen) atoms. The van der Waals surface area contributed by atoms with Gasteiger partial charge in [0.2, 0.25) is 0 Å². The molecule has 1 unspecified atom stereocenters. The van der Waals surface area contributed by atoms with Gasteiger partial charge in [0.1, 0.15) is 5.75 Å². The molecule has 0 aliphatic carbocycles. The number of carbonyl (C=O) groups excluding carboxylic acids is 1. The van der Waals surface area contributed by atoms with Crippen LogP contribution < -0.4 is 10.1 Å². The third kappa shape index (κ3) is 4.17. The minimum atomic E-state index is -0.769. The molecule has 1 N–H and O–H groups in total. The highest BCUT2D eigenvalue weighted by molar-refractivity contribution is 5.77.